The molecule has 80 valence electrons. The second kappa shape index (κ2) is 7.25. The lowest BCUT2D eigenvalue weighted by atomic mass is 10.3. The molecule has 0 aromatic heterocycles. The van der Waals surface area contributed by atoms with E-state index < -0.39 is 10.0 Å². The lowest BCUT2D eigenvalue weighted by molar-refractivity contribution is 0.192. The van der Waals surface area contributed by atoms with E-state index in [4.69, 9.17) is 9.88 Å². The van der Waals surface area contributed by atoms with E-state index >= 15 is 0 Å². The molecule has 0 aliphatic carbocycles. The van der Waals surface area contributed by atoms with Gasteiger partial charge in [0.2, 0.25) is 10.0 Å². The molecule has 0 heterocycles. The van der Waals surface area contributed by atoms with Crippen LogP contribution in [0.4, 0.5) is 0 Å². The molecule has 0 bridgehead atoms. The van der Waals surface area contributed by atoms with Crippen molar-refractivity contribution in [1.29, 1.82) is 0 Å². The van der Waals surface area contributed by atoms with E-state index in [0.29, 0.717) is 6.54 Å². The Hall–Kier alpha value is -0.170. The third kappa shape index (κ3) is 11.8. The largest absolute Gasteiger partial charge is 0.385 e. The second-order valence-electron chi connectivity index (χ2n) is 2.82. The van der Waals surface area contributed by atoms with E-state index in [2.05, 4.69) is 5.32 Å². The zero-order valence-electron chi connectivity index (χ0n) is 7.95. The van der Waals surface area contributed by atoms with Gasteiger partial charge in [-0.3, -0.25) is 0 Å². The quantitative estimate of drug-likeness (QED) is 0.519. The Labute approximate surface area is 79.7 Å². The summed E-state index contributed by atoms with van der Waals surface area (Å²) < 4.78 is 25.8. The summed E-state index contributed by atoms with van der Waals surface area (Å²) >= 11 is 0. The molecule has 0 aromatic carbocycles. The lowest BCUT2D eigenvalue weighted by Crippen LogP contribution is -2.27. The van der Waals surface area contributed by atoms with Crippen LogP contribution in [0, 0.1) is 0 Å². The SMILES string of the molecule is COCCCCNCCS(N)(=O)=O. The molecule has 0 amide bonds. The molecule has 0 saturated carbocycles. The van der Waals surface area contributed by atoms with E-state index in [0.717, 1.165) is 26.0 Å². The summed E-state index contributed by atoms with van der Waals surface area (Å²) in [6.07, 6.45) is 1.97. The van der Waals surface area contributed by atoms with E-state index in [1.807, 2.05) is 0 Å². The van der Waals surface area contributed by atoms with Crippen molar-refractivity contribution in [2.45, 2.75) is 12.8 Å². The maximum atomic E-state index is 10.5. The Balaban J connectivity index is 3.09. The number of ether oxygens (including phenoxy) is 1. The highest BCUT2D eigenvalue weighted by Gasteiger charge is 2.00. The van der Waals surface area contributed by atoms with Crippen LogP contribution < -0.4 is 10.5 Å². The molecule has 0 aliphatic rings. The standard InChI is InChI=1S/C7H18N2O3S/c1-12-6-3-2-4-9-5-7-13(8,10)11/h9H,2-7H2,1H3,(H2,8,10,11). The molecule has 6 heteroatoms. The van der Waals surface area contributed by atoms with Crippen molar-refractivity contribution in [1.82, 2.24) is 5.32 Å². The second-order valence-corrected chi connectivity index (χ2v) is 4.55. The number of methoxy groups -OCH3 is 1. The summed E-state index contributed by atoms with van der Waals surface area (Å²) in [6, 6.07) is 0. The summed E-state index contributed by atoms with van der Waals surface area (Å²) in [7, 11) is -1.65. The van der Waals surface area contributed by atoms with Gasteiger partial charge in [0.1, 0.15) is 0 Å². The number of sulfonamides is 1. The summed E-state index contributed by atoms with van der Waals surface area (Å²) in [5.41, 5.74) is 0. The lowest BCUT2D eigenvalue weighted by Gasteiger charge is -2.02. The maximum absolute atomic E-state index is 10.5. The number of nitrogens with one attached hydrogen (secondary N) is 1. The predicted octanol–water partition coefficient (Wildman–Crippen LogP) is -0.709. The number of hydrogen-bond donors (Lipinski definition) is 2. The summed E-state index contributed by atoms with van der Waals surface area (Å²) in [4.78, 5) is 0. The van der Waals surface area contributed by atoms with E-state index in [1.165, 1.54) is 0 Å². The normalized spacial score (nSPS) is 11.8. The minimum absolute atomic E-state index is 0.00270. The van der Waals surface area contributed by atoms with Crippen LogP contribution >= 0.6 is 0 Å². The molecule has 13 heavy (non-hydrogen) atoms. The molecule has 0 rings (SSSR count). The Morgan fingerprint density at radius 2 is 2.00 bits per heavy atom. The molecule has 0 spiro atoms. The van der Waals surface area contributed by atoms with Crippen LogP contribution in [0.25, 0.3) is 0 Å². The average Bonchev–Trinajstić information content (AvgIpc) is 2.01. The van der Waals surface area contributed by atoms with Crippen LogP contribution in [-0.4, -0.2) is 41.0 Å². The Kier molecular flexibility index (Phi) is 7.16. The van der Waals surface area contributed by atoms with Gasteiger partial charge in [0, 0.05) is 20.3 Å². The molecular formula is C7H18N2O3S. The van der Waals surface area contributed by atoms with Gasteiger partial charge in [0.25, 0.3) is 0 Å². The topological polar surface area (TPSA) is 81.4 Å². The highest BCUT2D eigenvalue weighted by Crippen LogP contribution is 1.86. The van der Waals surface area contributed by atoms with E-state index in [-0.39, 0.29) is 5.75 Å². The molecule has 3 N–H and O–H groups in total. The summed E-state index contributed by atoms with van der Waals surface area (Å²) in [5.74, 6) is -0.00270. The minimum Gasteiger partial charge on any atom is -0.385 e. The predicted molar refractivity (Wildman–Crippen MR) is 52.0 cm³/mol. The van der Waals surface area contributed by atoms with Gasteiger partial charge in [-0.1, -0.05) is 0 Å². The van der Waals surface area contributed by atoms with Gasteiger partial charge in [0.05, 0.1) is 5.75 Å². The zero-order chi connectivity index (χ0) is 10.2. The van der Waals surface area contributed by atoms with Crippen molar-refractivity contribution < 1.29 is 13.2 Å². The first-order valence-corrected chi connectivity index (χ1v) is 5.98. The fourth-order valence-corrected chi connectivity index (χ4v) is 1.26. The van der Waals surface area contributed by atoms with Crippen LogP contribution in [0.15, 0.2) is 0 Å². The first kappa shape index (κ1) is 12.8. The Morgan fingerprint density at radius 1 is 1.31 bits per heavy atom. The number of nitrogens with two attached hydrogens (primary N) is 1. The molecule has 0 fully saturated rings. The first-order chi connectivity index (χ1) is 6.06. The van der Waals surface area contributed by atoms with Crippen molar-refractivity contribution in [3.05, 3.63) is 0 Å². The van der Waals surface area contributed by atoms with Crippen molar-refractivity contribution in [3.63, 3.8) is 0 Å². The van der Waals surface area contributed by atoms with Crippen LogP contribution in [0.3, 0.4) is 0 Å². The number of rotatable bonds is 8. The molecule has 0 radical (unpaired) electrons. The fourth-order valence-electron chi connectivity index (χ4n) is 0.836. The molecule has 0 aromatic rings. The van der Waals surface area contributed by atoms with Gasteiger partial charge >= 0.3 is 0 Å². The van der Waals surface area contributed by atoms with Crippen LogP contribution in [-0.2, 0) is 14.8 Å². The number of unbranched alkanes of at least 4 members (excludes halogenated alkanes) is 1. The smallest absolute Gasteiger partial charge is 0.210 e. The van der Waals surface area contributed by atoms with Crippen LogP contribution in [0.5, 0.6) is 0 Å². The van der Waals surface area contributed by atoms with Crippen molar-refractivity contribution >= 4 is 10.0 Å². The van der Waals surface area contributed by atoms with E-state index in [9.17, 15) is 8.42 Å². The van der Waals surface area contributed by atoms with Gasteiger partial charge in [-0.05, 0) is 19.4 Å². The monoisotopic (exact) mass is 210 g/mol. The molecule has 0 saturated heterocycles. The van der Waals surface area contributed by atoms with Gasteiger partial charge in [-0.15, -0.1) is 0 Å². The van der Waals surface area contributed by atoms with Gasteiger partial charge in [-0.25, -0.2) is 13.6 Å². The average molecular weight is 210 g/mol. The molecule has 0 atom stereocenters. The maximum Gasteiger partial charge on any atom is 0.210 e. The molecule has 5 nitrogen and oxygen atoms in total. The fraction of sp³-hybridized carbons (Fsp3) is 1.00. The highest BCUT2D eigenvalue weighted by molar-refractivity contribution is 7.89. The summed E-state index contributed by atoms with van der Waals surface area (Å²) in [6.45, 7) is 1.97. The highest BCUT2D eigenvalue weighted by atomic mass is 32.2. The van der Waals surface area contributed by atoms with Gasteiger partial charge < -0.3 is 10.1 Å². The van der Waals surface area contributed by atoms with Crippen molar-refractivity contribution in [3.8, 4) is 0 Å². The minimum atomic E-state index is -3.31. The molecular weight excluding hydrogens is 192 g/mol. The van der Waals surface area contributed by atoms with Crippen LogP contribution in [0.2, 0.25) is 0 Å². The Bertz CT molecular complexity index is 204. The van der Waals surface area contributed by atoms with Gasteiger partial charge in [-0.2, -0.15) is 0 Å². The number of hydrogen-bond acceptors (Lipinski definition) is 4. The van der Waals surface area contributed by atoms with Gasteiger partial charge in [0.15, 0.2) is 0 Å². The number of primary sulfonamides is 1. The Morgan fingerprint density at radius 3 is 2.54 bits per heavy atom. The first-order valence-electron chi connectivity index (χ1n) is 4.26. The van der Waals surface area contributed by atoms with Crippen molar-refractivity contribution in [2.75, 3.05) is 32.6 Å². The third-order valence-electron chi connectivity index (χ3n) is 1.52. The summed E-state index contributed by atoms with van der Waals surface area (Å²) in [5, 5.41) is 7.80. The molecule has 0 unspecified atom stereocenters. The van der Waals surface area contributed by atoms with Crippen molar-refractivity contribution in [2.24, 2.45) is 5.14 Å². The van der Waals surface area contributed by atoms with Crippen LogP contribution in [0.1, 0.15) is 12.8 Å². The zero-order valence-corrected chi connectivity index (χ0v) is 8.77. The van der Waals surface area contributed by atoms with E-state index in [1.54, 1.807) is 7.11 Å². The molecule has 0 aliphatic heterocycles. The third-order valence-corrected chi connectivity index (χ3v) is 2.29.